The minimum atomic E-state index is 0.626. The summed E-state index contributed by atoms with van der Waals surface area (Å²) in [5, 5.41) is 1.93. The molecule has 2 aromatic heterocycles. The van der Waals surface area contributed by atoms with E-state index < -0.39 is 0 Å². The molecule has 0 spiro atoms. The fourth-order valence-corrected chi connectivity index (χ4v) is 1.77. The van der Waals surface area contributed by atoms with Crippen LogP contribution in [0.25, 0.3) is 9.81 Å². The third-order valence-corrected chi connectivity index (χ3v) is 2.27. The molecule has 2 rings (SSSR count). The lowest BCUT2D eigenvalue weighted by atomic mass is 10.5. The lowest BCUT2D eigenvalue weighted by Crippen LogP contribution is -1.71. The maximum atomic E-state index is 6.89. The lowest BCUT2D eigenvalue weighted by molar-refractivity contribution is 1.25. The fraction of sp³-hybridized carbons (Fsp3) is 0.143. The highest BCUT2D eigenvalue weighted by Gasteiger charge is 2.08. The van der Waals surface area contributed by atoms with E-state index in [0.29, 0.717) is 5.82 Å². The van der Waals surface area contributed by atoms with Crippen LogP contribution in [-0.2, 0) is 0 Å². The van der Waals surface area contributed by atoms with E-state index in [1.165, 1.54) is 0 Å². The summed E-state index contributed by atoms with van der Waals surface area (Å²) in [4.78, 5) is 8.50. The number of rotatable bonds is 0. The van der Waals surface area contributed by atoms with E-state index >= 15 is 0 Å². The molecule has 2 aromatic rings. The molecule has 0 N–H and O–H groups in total. The summed E-state index contributed by atoms with van der Waals surface area (Å²) in [5.41, 5.74) is 0.812. The van der Waals surface area contributed by atoms with E-state index in [2.05, 4.69) is 9.83 Å². The van der Waals surface area contributed by atoms with E-state index in [9.17, 15) is 0 Å². The Morgan fingerprint density at radius 3 is 3.27 bits per heavy atom. The van der Waals surface area contributed by atoms with Crippen molar-refractivity contribution in [3.05, 3.63) is 28.7 Å². The van der Waals surface area contributed by atoms with Crippen molar-refractivity contribution in [3.8, 4) is 0 Å². The molecule has 3 nitrogen and oxygen atoms in total. The Hall–Kier alpha value is -1.34. The summed E-state index contributed by atoms with van der Waals surface area (Å²) in [7, 11) is 0. The molecule has 54 valence electrons. The van der Waals surface area contributed by atoms with Gasteiger partial charge in [0.25, 0.3) is 10.8 Å². The number of thiazole rings is 1. The van der Waals surface area contributed by atoms with Gasteiger partial charge in [-0.2, -0.15) is 0 Å². The van der Waals surface area contributed by atoms with Gasteiger partial charge in [-0.3, -0.25) is 0 Å². The Balaban J connectivity index is 2.94. The first-order chi connectivity index (χ1) is 5.33. The number of hydrogen-bond acceptors (Lipinski definition) is 2. The number of nitrogens with zero attached hydrogens (tertiary/aromatic N) is 3. The van der Waals surface area contributed by atoms with Crippen LogP contribution in [0.15, 0.2) is 11.6 Å². The van der Waals surface area contributed by atoms with Crippen LogP contribution in [0.1, 0.15) is 5.69 Å². The third kappa shape index (κ3) is 0.748. The molecule has 2 heterocycles. The van der Waals surface area contributed by atoms with Crippen LogP contribution in [0.4, 0.5) is 5.82 Å². The molecular weight excluding hydrogens is 158 g/mol. The van der Waals surface area contributed by atoms with Crippen molar-refractivity contribution in [3.63, 3.8) is 0 Å². The van der Waals surface area contributed by atoms with Crippen molar-refractivity contribution in [1.29, 1.82) is 0 Å². The van der Waals surface area contributed by atoms with Gasteiger partial charge in [-0.05, 0) is 6.92 Å². The van der Waals surface area contributed by atoms with Crippen LogP contribution in [0, 0.1) is 13.5 Å². The molecule has 0 aliphatic carbocycles. The predicted molar refractivity (Wildman–Crippen MR) is 44.1 cm³/mol. The van der Waals surface area contributed by atoms with Crippen molar-refractivity contribution in [1.82, 2.24) is 9.38 Å². The molecule has 0 bridgehead atoms. The Kier molecular flexibility index (Phi) is 1.20. The summed E-state index contributed by atoms with van der Waals surface area (Å²) >= 11 is 1.55. The molecule has 0 aliphatic rings. The lowest BCUT2D eigenvalue weighted by Gasteiger charge is -1.84. The maximum Gasteiger partial charge on any atom is 0.267 e. The zero-order valence-corrected chi connectivity index (χ0v) is 6.72. The van der Waals surface area contributed by atoms with Crippen molar-refractivity contribution in [2.24, 2.45) is 0 Å². The predicted octanol–water partition coefficient (Wildman–Crippen LogP) is 2.26. The van der Waals surface area contributed by atoms with Crippen LogP contribution in [0.2, 0.25) is 0 Å². The average molecular weight is 163 g/mol. The van der Waals surface area contributed by atoms with Crippen LogP contribution >= 0.6 is 11.3 Å². The summed E-state index contributed by atoms with van der Waals surface area (Å²) in [6.07, 6.45) is 1.87. The Bertz CT molecular complexity index is 432. The molecule has 0 fully saturated rings. The van der Waals surface area contributed by atoms with Crippen LogP contribution < -0.4 is 0 Å². The molecule has 0 radical (unpaired) electrons. The van der Waals surface area contributed by atoms with Gasteiger partial charge in [0.1, 0.15) is 0 Å². The number of imidazole rings is 1. The van der Waals surface area contributed by atoms with Crippen molar-refractivity contribution in [2.45, 2.75) is 6.92 Å². The number of fused-ring (bicyclic) bond motifs is 1. The zero-order chi connectivity index (χ0) is 7.84. The van der Waals surface area contributed by atoms with Crippen molar-refractivity contribution < 1.29 is 0 Å². The molecular formula is C7H5N3S. The largest absolute Gasteiger partial charge is 0.362 e. The van der Waals surface area contributed by atoms with Crippen LogP contribution in [0.3, 0.4) is 0 Å². The first-order valence-corrected chi connectivity index (χ1v) is 4.00. The summed E-state index contributed by atoms with van der Waals surface area (Å²) in [5.74, 6) is 0.626. The molecule has 0 atom stereocenters. The van der Waals surface area contributed by atoms with E-state index in [-0.39, 0.29) is 0 Å². The quantitative estimate of drug-likeness (QED) is 0.546. The van der Waals surface area contributed by atoms with Crippen LogP contribution in [0.5, 0.6) is 0 Å². The SMILES string of the molecule is [C-]#[N+]c1c(C)nc2sccn12. The minimum Gasteiger partial charge on any atom is -0.362 e. The summed E-state index contributed by atoms with van der Waals surface area (Å²) in [6, 6.07) is 0. The zero-order valence-electron chi connectivity index (χ0n) is 5.90. The van der Waals surface area contributed by atoms with Gasteiger partial charge in [0.2, 0.25) is 0 Å². The van der Waals surface area contributed by atoms with Gasteiger partial charge in [0.05, 0.1) is 11.9 Å². The molecule has 0 saturated heterocycles. The second-order valence-electron chi connectivity index (χ2n) is 2.19. The normalized spacial score (nSPS) is 10.2. The van der Waals surface area contributed by atoms with Gasteiger partial charge >= 0.3 is 0 Å². The Labute approximate surface area is 67.7 Å². The van der Waals surface area contributed by atoms with Crippen molar-refractivity contribution >= 4 is 22.1 Å². The standard InChI is InChI=1S/C7H5N3S/c1-5-6(8-2)10-3-4-11-7(10)9-5/h3-4H,1H3. The second-order valence-corrected chi connectivity index (χ2v) is 3.06. The highest BCUT2D eigenvalue weighted by Crippen LogP contribution is 2.23. The molecule has 0 aromatic carbocycles. The molecule has 0 aliphatic heterocycles. The Morgan fingerprint density at radius 2 is 2.55 bits per heavy atom. The molecule has 0 unspecified atom stereocenters. The third-order valence-electron chi connectivity index (χ3n) is 1.51. The van der Waals surface area contributed by atoms with Crippen LogP contribution in [-0.4, -0.2) is 9.38 Å². The van der Waals surface area contributed by atoms with Gasteiger partial charge in [-0.1, -0.05) is 17.9 Å². The highest BCUT2D eigenvalue weighted by atomic mass is 32.1. The molecule has 4 heteroatoms. The van der Waals surface area contributed by atoms with Gasteiger partial charge < -0.3 is 4.85 Å². The van der Waals surface area contributed by atoms with Gasteiger partial charge in [0, 0.05) is 5.38 Å². The van der Waals surface area contributed by atoms with Crippen molar-refractivity contribution in [2.75, 3.05) is 0 Å². The first-order valence-electron chi connectivity index (χ1n) is 3.12. The summed E-state index contributed by atoms with van der Waals surface area (Å²) in [6.45, 7) is 8.75. The van der Waals surface area contributed by atoms with E-state index in [0.717, 1.165) is 10.7 Å². The second kappa shape index (κ2) is 2.07. The average Bonchev–Trinajstić information content (AvgIpc) is 2.46. The molecule has 11 heavy (non-hydrogen) atoms. The molecule has 0 amide bonds. The fourth-order valence-electron chi connectivity index (χ4n) is 1.02. The topological polar surface area (TPSA) is 21.7 Å². The minimum absolute atomic E-state index is 0.626. The maximum absolute atomic E-state index is 6.89. The van der Waals surface area contributed by atoms with Gasteiger partial charge in [0.15, 0.2) is 0 Å². The first kappa shape index (κ1) is 6.38. The highest BCUT2D eigenvalue weighted by molar-refractivity contribution is 7.15. The number of aryl methyl sites for hydroxylation is 1. The number of hydrogen-bond donors (Lipinski definition) is 0. The Morgan fingerprint density at radius 1 is 1.73 bits per heavy atom. The molecule has 0 saturated carbocycles. The van der Waals surface area contributed by atoms with E-state index in [1.54, 1.807) is 11.3 Å². The van der Waals surface area contributed by atoms with E-state index in [1.807, 2.05) is 22.9 Å². The van der Waals surface area contributed by atoms with Gasteiger partial charge in [-0.15, -0.1) is 0 Å². The smallest absolute Gasteiger partial charge is 0.267 e. The van der Waals surface area contributed by atoms with Gasteiger partial charge in [-0.25, -0.2) is 9.38 Å². The number of aromatic nitrogens is 2. The van der Waals surface area contributed by atoms with E-state index in [4.69, 9.17) is 6.57 Å². The monoisotopic (exact) mass is 163 g/mol. The summed E-state index contributed by atoms with van der Waals surface area (Å²) < 4.78 is 1.81.